The number of benzene rings is 3. The van der Waals surface area contributed by atoms with Gasteiger partial charge >= 0.3 is 0 Å². The Hall–Kier alpha value is -3.12. The highest BCUT2D eigenvalue weighted by Gasteiger charge is 2.29. The van der Waals surface area contributed by atoms with Crippen LogP contribution >= 0.6 is 0 Å². The lowest BCUT2D eigenvalue weighted by molar-refractivity contribution is 0.577. The summed E-state index contributed by atoms with van der Waals surface area (Å²) in [7, 11) is 0. The molecule has 0 saturated carbocycles. The highest BCUT2D eigenvalue weighted by molar-refractivity contribution is 5.93. The summed E-state index contributed by atoms with van der Waals surface area (Å²) in [6.07, 6.45) is 4.37. The van der Waals surface area contributed by atoms with E-state index in [4.69, 9.17) is 0 Å². The number of hydrogen-bond acceptors (Lipinski definition) is 2. The molecule has 0 radical (unpaired) electrons. The highest BCUT2D eigenvalue weighted by Crippen LogP contribution is 2.47. The van der Waals surface area contributed by atoms with Crippen LogP contribution in [0.1, 0.15) is 36.0 Å². The second-order valence-electron chi connectivity index (χ2n) is 7.67. The smallest absolute Gasteiger partial charge is 0.123 e. The normalized spacial score (nSPS) is 15.1. The Balaban J connectivity index is 1.79. The van der Waals surface area contributed by atoms with Gasteiger partial charge in [-0.3, -0.25) is 0 Å². The van der Waals surface area contributed by atoms with Gasteiger partial charge in [-0.1, -0.05) is 36.4 Å². The number of nitrogens with zero attached hydrogens (tertiary/aromatic N) is 2. The third-order valence-corrected chi connectivity index (χ3v) is 6.03. The van der Waals surface area contributed by atoms with Gasteiger partial charge in [0.2, 0.25) is 0 Å². The van der Waals surface area contributed by atoms with Gasteiger partial charge in [-0.15, -0.1) is 0 Å². The van der Waals surface area contributed by atoms with Gasteiger partial charge in [0.15, 0.2) is 0 Å². The lowest BCUT2D eigenvalue weighted by Crippen LogP contribution is -2.30. The number of hydrogen-bond donors (Lipinski definition) is 0. The Kier molecular flexibility index (Phi) is 4.13. The molecule has 1 saturated heterocycles. The highest BCUT2D eigenvalue weighted by atomic mass is 19.1. The average Bonchev–Trinajstić information content (AvgIpc) is 3.13. The Morgan fingerprint density at radius 2 is 1.64 bits per heavy atom. The summed E-state index contributed by atoms with van der Waals surface area (Å²) in [5, 5.41) is 10.1. The monoisotopic (exact) mass is 368 g/mol. The van der Waals surface area contributed by atoms with Crippen LogP contribution < -0.4 is 4.90 Å². The van der Waals surface area contributed by atoms with E-state index in [0.717, 1.165) is 65.9 Å². The largest absolute Gasteiger partial charge is 0.370 e. The first-order valence-electron chi connectivity index (χ1n) is 9.95. The van der Waals surface area contributed by atoms with Crippen LogP contribution in [0.4, 0.5) is 10.1 Å². The molecule has 0 N–H and O–H groups in total. The maximum absolute atomic E-state index is 13.5. The van der Waals surface area contributed by atoms with Crippen molar-refractivity contribution < 1.29 is 4.39 Å². The minimum absolute atomic E-state index is 0.228. The summed E-state index contributed by atoms with van der Waals surface area (Å²) in [6.45, 7) is 1.97. The van der Waals surface area contributed by atoms with Gasteiger partial charge in [-0.25, -0.2) is 4.39 Å². The molecule has 1 heterocycles. The predicted molar refractivity (Wildman–Crippen MR) is 111 cm³/mol. The fourth-order valence-electron chi connectivity index (χ4n) is 4.68. The van der Waals surface area contributed by atoms with Crippen LogP contribution in [0.3, 0.4) is 0 Å². The maximum atomic E-state index is 13.5. The molecular weight excluding hydrogens is 347 g/mol. The van der Waals surface area contributed by atoms with Crippen molar-refractivity contribution >= 4 is 5.69 Å². The average molecular weight is 368 g/mol. The van der Waals surface area contributed by atoms with Crippen LogP contribution in [-0.4, -0.2) is 13.1 Å². The summed E-state index contributed by atoms with van der Waals surface area (Å²) in [4.78, 5) is 2.36. The molecule has 138 valence electrons. The molecule has 0 amide bonds. The zero-order valence-electron chi connectivity index (χ0n) is 15.7. The molecule has 1 aliphatic carbocycles. The topological polar surface area (TPSA) is 27.0 Å². The molecule has 0 aromatic heterocycles. The SMILES string of the molecule is N#Cc1c(N2CCCCC2)cc(-c2ccc(F)cc2)c2c1-c1ccccc1C2. The van der Waals surface area contributed by atoms with Crippen molar-refractivity contribution in [3.05, 3.63) is 77.1 Å². The number of fused-ring (bicyclic) bond motifs is 3. The van der Waals surface area contributed by atoms with Gasteiger partial charge in [0.1, 0.15) is 11.9 Å². The third-order valence-electron chi connectivity index (χ3n) is 6.03. The van der Waals surface area contributed by atoms with E-state index >= 15 is 0 Å². The number of nitriles is 1. The first-order chi connectivity index (χ1) is 13.8. The molecule has 3 aromatic carbocycles. The molecule has 0 spiro atoms. The second-order valence-corrected chi connectivity index (χ2v) is 7.67. The van der Waals surface area contributed by atoms with E-state index in [1.165, 1.54) is 29.7 Å². The summed E-state index contributed by atoms with van der Waals surface area (Å²) < 4.78 is 13.5. The summed E-state index contributed by atoms with van der Waals surface area (Å²) in [5.41, 5.74) is 8.61. The Bertz CT molecular complexity index is 1090. The van der Waals surface area contributed by atoms with Crippen molar-refractivity contribution in [1.82, 2.24) is 0 Å². The Labute approximate surface area is 164 Å². The number of rotatable bonds is 2. The van der Waals surface area contributed by atoms with Crippen molar-refractivity contribution in [2.75, 3.05) is 18.0 Å². The van der Waals surface area contributed by atoms with Crippen molar-refractivity contribution in [3.8, 4) is 28.3 Å². The molecule has 2 aliphatic rings. The quantitative estimate of drug-likeness (QED) is 0.439. The van der Waals surface area contributed by atoms with Gasteiger partial charge in [-0.2, -0.15) is 5.26 Å². The lowest BCUT2D eigenvalue weighted by Gasteiger charge is -2.31. The van der Waals surface area contributed by atoms with Crippen LogP contribution in [0.25, 0.3) is 22.3 Å². The van der Waals surface area contributed by atoms with E-state index in [-0.39, 0.29) is 5.82 Å². The standard InChI is InChI=1S/C25H21FN2/c26-19-10-8-17(9-11-19)21-15-24(28-12-4-1-5-13-28)23(16-27)25-20-7-3-2-6-18(20)14-22(21)25/h2-3,6-11,15H,1,4-5,12-14H2. The predicted octanol–water partition coefficient (Wildman–Crippen LogP) is 5.93. The summed E-state index contributed by atoms with van der Waals surface area (Å²) in [6, 6.07) is 19.8. The fourth-order valence-corrected chi connectivity index (χ4v) is 4.68. The lowest BCUT2D eigenvalue weighted by atomic mass is 9.90. The molecule has 28 heavy (non-hydrogen) atoms. The molecule has 0 atom stereocenters. The van der Waals surface area contributed by atoms with Crippen molar-refractivity contribution in [3.63, 3.8) is 0 Å². The number of anilines is 1. The first-order valence-corrected chi connectivity index (χ1v) is 9.95. The molecule has 5 rings (SSSR count). The minimum Gasteiger partial charge on any atom is -0.370 e. The fraction of sp³-hybridized carbons (Fsp3) is 0.240. The van der Waals surface area contributed by atoms with Crippen molar-refractivity contribution in [2.45, 2.75) is 25.7 Å². The van der Waals surface area contributed by atoms with Crippen LogP contribution in [0.2, 0.25) is 0 Å². The van der Waals surface area contributed by atoms with E-state index in [0.29, 0.717) is 0 Å². The molecule has 3 heteroatoms. The zero-order valence-corrected chi connectivity index (χ0v) is 15.7. The third kappa shape index (κ3) is 2.68. The minimum atomic E-state index is -0.228. The first kappa shape index (κ1) is 17.0. The summed E-state index contributed by atoms with van der Waals surface area (Å²) >= 11 is 0. The van der Waals surface area contributed by atoms with Crippen LogP contribution in [0.15, 0.2) is 54.6 Å². The van der Waals surface area contributed by atoms with Gasteiger partial charge in [0.05, 0.1) is 11.3 Å². The summed E-state index contributed by atoms with van der Waals surface area (Å²) in [5.74, 6) is -0.228. The number of piperidine rings is 1. The van der Waals surface area contributed by atoms with E-state index in [1.54, 1.807) is 0 Å². The molecule has 1 aliphatic heterocycles. The van der Waals surface area contributed by atoms with E-state index < -0.39 is 0 Å². The maximum Gasteiger partial charge on any atom is 0.123 e. The van der Waals surface area contributed by atoms with Crippen LogP contribution in [0, 0.1) is 17.1 Å². The van der Waals surface area contributed by atoms with Crippen LogP contribution in [-0.2, 0) is 6.42 Å². The van der Waals surface area contributed by atoms with Gasteiger partial charge in [0.25, 0.3) is 0 Å². The molecule has 0 bridgehead atoms. The van der Waals surface area contributed by atoms with E-state index in [1.807, 2.05) is 18.2 Å². The molecular formula is C25H21FN2. The molecule has 3 aromatic rings. The van der Waals surface area contributed by atoms with Crippen LogP contribution in [0.5, 0.6) is 0 Å². The second kappa shape index (κ2) is 6.80. The van der Waals surface area contributed by atoms with Gasteiger partial charge in [0, 0.05) is 18.7 Å². The van der Waals surface area contributed by atoms with Crippen molar-refractivity contribution in [1.29, 1.82) is 5.26 Å². The molecule has 1 fully saturated rings. The Morgan fingerprint density at radius 3 is 2.39 bits per heavy atom. The number of halogens is 1. The van der Waals surface area contributed by atoms with Gasteiger partial charge in [-0.05, 0) is 71.7 Å². The van der Waals surface area contributed by atoms with Gasteiger partial charge < -0.3 is 4.90 Å². The van der Waals surface area contributed by atoms with E-state index in [9.17, 15) is 9.65 Å². The Morgan fingerprint density at radius 1 is 0.893 bits per heavy atom. The zero-order chi connectivity index (χ0) is 19.1. The molecule has 0 unspecified atom stereocenters. The molecule has 2 nitrogen and oxygen atoms in total. The van der Waals surface area contributed by atoms with E-state index in [2.05, 4.69) is 35.2 Å². The van der Waals surface area contributed by atoms with Crippen molar-refractivity contribution in [2.24, 2.45) is 0 Å².